The van der Waals surface area contributed by atoms with Crippen molar-refractivity contribution in [2.45, 2.75) is 6.10 Å². The summed E-state index contributed by atoms with van der Waals surface area (Å²) in [5.41, 5.74) is 2.55. The molecule has 1 aromatic rings. The maximum absolute atomic E-state index is 5.78. The lowest BCUT2D eigenvalue weighted by Gasteiger charge is -2.27. The maximum Gasteiger partial charge on any atom is 0.190 e. The van der Waals surface area contributed by atoms with Crippen LogP contribution in [0.2, 0.25) is 0 Å². The molecule has 3 N–H and O–H groups in total. The molecule has 0 amide bonds. The first kappa shape index (κ1) is 12.7. The lowest BCUT2D eigenvalue weighted by atomic mass is 10.2. The smallest absolute Gasteiger partial charge is 0.190 e. The minimum Gasteiger partial charge on any atom is -0.485 e. The third kappa shape index (κ3) is 2.91. The second-order valence-corrected chi connectivity index (χ2v) is 3.77. The van der Waals surface area contributed by atoms with Crippen LogP contribution in [0, 0.1) is 0 Å². The Morgan fingerprint density at radius 1 is 1.50 bits per heavy atom. The summed E-state index contributed by atoms with van der Waals surface area (Å²) in [7, 11) is 1.63. The van der Waals surface area contributed by atoms with E-state index in [4.69, 9.17) is 20.1 Å². The molecule has 1 aliphatic heterocycles. The molecule has 1 aromatic carbocycles. The number of aliphatic imine (C=N–C) groups is 1. The number of hydrogen-bond acceptors (Lipinski definition) is 5. The van der Waals surface area contributed by atoms with Gasteiger partial charge in [-0.25, -0.2) is 5.84 Å². The van der Waals surface area contributed by atoms with E-state index in [0.717, 1.165) is 5.75 Å². The Morgan fingerprint density at radius 2 is 2.28 bits per heavy atom. The van der Waals surface area contributed by atoms with E-state index in [2.05, 4.69) is 10.4 Å². The third-order valence-corrected chi connectivity index (χ3v) is 2.54. The van der Waals surface area contributed by atoms with Crippen LogP contribution in [-0.4, -0.2) is 38.8 Å². The fraction of sp³-hybridized carbons (Fsp3) is 0.417. The van der Waals surface area contributed by atoms with Gasteiger partial charge in [0.1, 0.15) is 6.61 Å². The van der Waals surface area contributed by atoms with Crippen LogP contribution in [0.15, 0.2) is 29.3 Å². The second kappa shape index (κ2) is 6.23. The molecular weight excluding hydrogens is 234 g/mol. The van der Waals surface area contributed by atoms with Crippen molar-refractivity contribution in [1.29, 1.82) is 0 Å². The van der Waals surface area contributed by atoms with Gasteiger partial charge < -0.3 is 19.6 Å². The van der Waals surface area contributed by atoms with Crippen LogP contribution in [0.5, 0.6) is 11.5 Å². The molecule has 0 aromatic heterocycles. The van der Waals surface area contributed by atoms with E-state index in [1.807, 2.05) is 24.3 Å². The van der Waals surface area contributed by atoms with Gasteiger partial charge >= 0.3 is 0 Å². The molecule has 0 radical (unpaired) electrons. The van der Waals surface area contributed by atoms with Crippen LogP contribution >= 0.6 is 0 Å². The number of fused-ring (bicyclic) bond motifs is 1. The molecule has 98 valence electrons. The van der Waals surface area contributed by atoms with Crippen molar-refractivity contribution in [3.05, 3.63) is 24.3 Å². The molecule has 1 atom stereocenters. The van der Waals surface area contributed by atoms with Gasteiger partial charge in [-0.3, -0.25) is 4.99 Å². The monoisotopic (exact) mass is 251 g/mol. The molecule has 1 aliphatic rings. The average Bonchev–Trinajstić information content (AvgIpc) is 2.43. The van der Waals surface area contributed by atoms with E-state index in [1.54, 1.807) is 7.11 Å². The zero-order chi connectivity index (χ0) is 12.8. The number of nitrogens with one attached hydrogen (secondary N) is 1. The highest BCUT2D eigenvalue weighted by Crippen LogP contribution is 2.30. The number of amidine groups is 1. The number of methoxy groups -OCH3 is 1. The predicted molar refractivity (Wildman–Crippen MR) is 67.9 cm³/mol. The number of rotatable bonds is 4. The van der Waals surface area contributed by atoms with Gasteiger partial charge in [0, 0.05) is 7.11 Å². The van der Waals surface area contributed by atoms with Crippen LogP contribution in [0.25, 0.3) is 0 Å². The first-order valence-corrected chi connectivity index (χ1v) is 5.73. The molecule has 1 heterocycles. The van der Waals surface area contributed by atoms with E-state index in [0.29, 0.717) is 31.3 Å². The van der Waals surface area contributed by atoms with E-state index in [9.17, 15) is 0 Å². The number of hydrogen-bond donors (Lipinski definition) is 2. The van der Waals surface area contributed by atoms with Crippen LogP contribution in [0.4, 0.5) is 0 Å². The van der Waals surface area contributed by atoms with Crippen molar-refractivity contribution in [1.82, 2.24) is 5.43 Å². The van der Waals surface area contributed by atoms with Crippen molar-refractivity contribution in [3.8, 4) is 11.5 Å². The highest BCUT2D eigenvalue weighted by molar-refractivity contribution is 5.86. The van der Waals surface area contributed by atoms with Crippen molar-refractivity contribution in [2.75, 3.05) is 26.9 Å². The van der Waals surface area contributed by atoms with Crippen molar-refractivity contribution in [2.24, 2.45) is 10.8 Å². The molecule has 1 unspecified atom stereocenters. The van der Waals surface area contributed by atoms with Crippen molar-refractivity contribution in [3.63, 3.8) is 0 Å². The maximum atomic E-state index is 5.78. The highest BCUT2D eigenvalue weighted by Gasteiger charge is 2.24. The van der Waals surface area contributed by atoms with Gasteiger partial charge in [0.05, 0.1) is 13.2 Å². The summed E-state index contributed by atoms with van der Waals surface area (Å²) in [4.78, 5) is 4.28. The quantitative estimate of drug-likeness (QED) is 0.265. The van der Waals surface area contributed by atoms with Gasteiger partial charge in [0.25, 0.3) is 0 Å². The third-order valence-electron chi connectivity index (χ3n) is 2.54. The minimum atomic E-state index is -0.318. The topological polar surface area (TPSA) is 78.1 Å². The molecule has 0 saturated carbocycles. The van der Waals surface area contributed by atoms with Crippen LogP contribution in [-0.2, 0) is 4.74 Å². The number of benzene rings is 1. The molecule has 6 heteroatoms. The van der Waals surface area contributed by atoms with Crippen LogP contribution in [0.3, 0.4) is 0 Å². The van der Waals surface area contributed by atoms with Gasteiger partial charge in [0.15, 0.2) is 23.4 Å². The highest BCUT2D eigenvalue weighted by atomic mass is 16.6. The zero-order valence-corrected chi connectivity index (χ0v) is 10.3. The SMILES string of the molecule is COCCN=C(NN)C1COc2ccccc2O1. The molecular formula is C12H17N3O3. The van der Waals surface area contributed by atoms with Gasteiger partial charge in [-0.15, -0.1) is 0 Å². The molecule has 0 aliphatic carbocycles. The van der Waals surface area contributed by atoms with Crippen LogP contribution in [0.1, 0.15) is 0 Å². The Labute approximate surface area is 106 Å². The summed E-state index contributed by atoms with van der Waals surface area (Å²) in [5, 5.41) is 0. The Kier molecular flexibility index (Phi) is 4.38. The molecule has 0 fully saturated rings. The van der Waals surface area contributed by atoms with Gasteiger partial charge in [-0.1, -0.05) is 12.1 Å². The molecule has 2 rings (SSSR count). The molecule has 0 saturated heterocycles. The standard InChI is InChI=1S/C12H17N3O3/c1-16-7-6-14-12(15-13)11-8-17-9-4-2-3-5-10(9)18-11/h2-5,11H,6-8,13H2,1H3,(H,14,15). The second-order valence-electron chi connectivity index (χ2n) is 3.77. The number of para-hydroxylation sites is 2. The first-order valence-electron chi connectivity index (χ1n) is 5.73. The van der Waals surface area contributed by atoms with E-state index in [1.165, 1.54) is 0 Å². The summed E-state index contributed by atoms with van der Waals surface area (Å²) >= 11 is 0. The molecule has 0 spiro atoms. The molecule has 6 nitrogen and oxygen atoms in total. The minimum absolute atomic E-state index is 0.318. The largest absolute Gasteiger partial charge is 0.485 e. The Morgan fingerprint density at radius 3 is 3.00 bits per heavy atom. The van der Waals surface area contributed by atoms with Gasteiger partial charge in [-0.2, -0.15) is 0 Å². The Bertz CT molecular complexity index is 423. The Hall–Kier alpha value is -1.79. The normalized spacial score (nSPS) is 18.6. The Balaban J connectivity index is 2.04. The molecule has 18 heavy (non-hydrogen) atoms. The van der Waals surface area contributed by atoms with E-state index < -0.39 is 0 Å². The lowest BCUT2D eigenvalue weighted by Crippen LogP contribution is -2.47. The summed E-state index contributed by atoms with van der Waals surface area (Å²) < 4.78 is 16.3. The van der Waals surface area contributed by atoms with Crippen LogP contribution < -0.4 is 20.7 Å². The van der Waals surface area contributed by atoms with E-state index >= 15 is 0 Å². The van der Waals surface area contributed by atoms with Gasteiger partial charge in [0.2, 0.25) is 0 Å². The summed E-state index contributed by atoms with van der Waals surface area (Å²) in [6.45, 7) is 1.44. The average molecular weight is 251 g/mol. The van der Waals surface area contributed by atoms with Crippen molar-refractivity contribution < 1.29 is 14.2 Å². The number of hydrazine groups is 1. The lowest BCUT2D eigenvalue weighted by molar-refractivity contribution is 0.132. The summed E-state index contributed by atoms with van der Waals surface area (Å²) in [6, 6.07) is 7.51. The fourth-order valence-corrected chi connectivity index (χ4v) is 1.65. The molecule has 0 bridgehead atoms. The summed E-state index contributed by atoms with van der Waals surface area (Å²) in [5.74, 6) is 7.44. The number of nitrogens with two attached hydrogens (primary N) is 1. The first-order chi connectivity index (χ1) is 8.85. The predicted octanol–water partition coefficient (Wildman–Crippen LogP) is 0.335. The zero-order valence-electron chi connectivity index (χ0n) is 10.3. The van der Waals surface area contributed by atoms with E-state index in [-0.39, 0.29) is 6.10 Å². The summed E-state index contributed by atoms with van der Waals surface area (Å²) in [6.07, 6.45) is -0.318. The van der Waals surface area contributed by atoms with Gasteiger partial charge in [-0.05, 0) is 12.1 Å². The number of ether oxygens (including phenoxy) is 3. The fourth-order valence-electron chi connectivity index (χ4n) is 1.65. The number of nitrogens with zero attached hydrogens (tertiary/aromatic N) is 1. The van der Waals surface area contributed by atoms with Crippen molar-refractivity contribution >= 4 is 5.84 Å².